The van der Waals surface area contributed by atoms with Crippen molar-refractivity contribution in [2.45, 2.75) is 507 Å². The fraction of sp³-hybridized carbons (Fsp3) is 0.930. The Bertz CT molecular complexity index is 2530. The average molecular weight is 1570 g/mol. The molecular formula is C86H160N6O18. The van der Waals surface area contributed by atoms with Gasteiger partial charge in [0.15, 0.2) is 0 Å². The van der Waals surface area contributed by atoms with Gasteiger partial charge in [-0.05, 0) is 211 Å². The van der Waals surface area contributed by atoms with Crippen molar-refractivity contribution in [2.24, 2.45) is 5.92 Å². The molecule has 0 aromatic rings. The van der Waals surface area contributed by atoms with Gasteiger partial charge in [-0.15, -0.1) is 0 Å². The van der Waals surface area contributed by atoms with E-state index in [2.05, 4.69) is 0 Å². The Morgan fingerprint density at radius 3 is 0.536 bits per heavy atom. The Labute approximate surface area is 664 Å². The summed E-state index contributed by atoms with van der Waals surface area (Å²) < 4.78 is 34.6. The van der Waals surface area contributed by atoms with Gasteiger partial charge in [0.25, 0.3) is 0 Å². The van der Waals surface area contributed by atoms with Gasteiger partial charge < -0.3 is 59.7 Å². The Morgan fingerprint density at radius 2 is 0.382 bits per heavy atom. The number of piperidine rings is 6. The second-order valence-electron chi connectivity index (χ2n) is 41.3. The van der Waals surface area contributed by atoms with Crippen LogP contribution in [0.2, 0.25) is 0 Å². The first-order valence-corrected chi connectivity index (χ1v) is 42.5. The second kappa shape index (κ2) is 41.0. The molecule has 0 amide bonds. The molecule has 6 aliphatic heterocycles. The highest BCUT2D eigenvalue weighted by Crippen LogP contribution is 2.44. The standard InChI is InChI=1S/C30H56N2O6.2C28H52N2O6/c1-10-22(26(34)38-24-20-29(6,7)32(36)30(8,9)21-24)16-14-12-11-13-15-17-25(33)37-23-18-27(2,3)31(35)28(4,5)19-23;2*1-25(2)17-21(18-26(3,4)29(25)33)35-23(31)15-13-11-9-10-12-14-16-24(32)36-22-19-27(5,6)30(34)28(7,8)20-22/h22-24,35-36H,10-21H2,1-9H3;2*21-22,33-34H,9-20H2,1-8H3. The number of hydrogen-bond donors (Lipinski definition) is 6. The lowest BCUT2D eigenvalue weighted by atomic mass is 9.80. The van der Waals surface area contributed by atoms with Crippen LogP contribution in [-0.4, -0.2) is 201 Å². The largest absolute Gasteiger partial charge is 0.462 e. The van der Waals surface area contributed by atoms with Gasteiger partial charge in [-0.25, -0.2) is 0 Å². The van der Waals surface area contributed by atoms with Crippen LogP contribution < -0.4 is 0 Å². The Balaban J connectivity index is 0.000000348. The maximum Gasteiger partial charge on any atom is 0.309 e. The number of esters is 6. The molecule has 6 aliphatic rings. The van der Waals surface area contributed by atoms with Crippen LogP contribution in [0.15, 0.2) is 0 Å². The van der Waals surface area contributed by atoms with Crippen LogP contribution in [0.3, 0.4) is 0 Å². The number of carbonyl (C=O) groups is 6. The minimum Gasteiger partial charge on any atom is -0.462 e. The molecule has 110 heavy (non-hydrogen) atoms. The van der Waals surface area contributed by atoms with Gasteiger partial charge in [0, 0.05) is 176 Å². The molecule has 0 aliphatic carbocycles. The number of unbranched alkanes of at least 4 members (excludes halogenated alkanes) is 14. The van der Waals surface area contributed by atoms with Gasteiger partial charge in [-0.2, -0.15) is 30.4 Å². The molecule has 0 saturated carbocycles. The third-order valence-electron chi connectivity index (χ3n) is 24.2. The first-order chi connectivity index (χ1) is 50.3. The number of rotatable bonds is 34. The molecule has 0 aromatic carbocycles. The maximum atomic E-state index is 12.9. The van der Waals surface area contributed by atoms with Crippen molar-refractivity contribution in [1.29, 1.82) is 0 Å². The van der Waals surface area contributed by atoms with E-state index in [9.17, 15) is 60.0 Å². The highest BCUT2D eigenvalue weighted by atomic mass is 16.6. The van der Waals surface area contributed by atoms with Crippen LogP contribution in [0.1, 0.15) is 404 Å². The third kappa shape index (κ3) is 30.8. The Kier molecular flexibility index (Phi) is 36.7. The smallest absolute Gasteiger partial charge is 0.309 e. The molecule has 6 heterocycles. The van der Waals surface area contributed by atoms with Crippen molar-refractivity contribution < 1.29 is 88.4 Å². The molecule has 0 aromatic heterocycles. The molecule has 6 saturated heterocycles. The highest BCUT2D eigenvalue weighted by molar-refractivity contribution is 5.73. The van der Waals surface area contributed by atoms with E-state index in [0.717, 1.165) is 122 Å². The summed E-state index contributed by atoms with van der Waals surface area (Å²) in [6.45, 7) is 49.3. The lowest BCUT2D eigenvalue weighted by Crippen LogP contribution is -2.60. The van der Waals surface area contributed by atoms with E-state index in [4.69, 9.17) is 28.4 Å². The van der Waals surface area contributed by atoms with Crippen LogP contribution in [0.25, 0.3) is 0 Å². The topological polar surface area (TPSA) is 299 Å². The van der Waals surface area contributed by atoms with Crippen molar-refractivity contribution in [1.82, 2.24) is 30.4 Å². The number of hydroxylamine groups is 12. The zero-order valence-electron chi connectivity index (χ0n) is 73.8. The number of carbonyl (C=O) groups excluding carboxylic acids is 6. The summed E-state index contributed by atoms with van der Waals surface area (Å²) in [5, 5.41) is 70.8. The van der Waals surface area contributed by atoms with E-state index in [0.29, 0.717) is 109 Å². The minimum absolute atomic E-state index is 0.0952. The summed E-state index contributed by atoms with van der Waals surface area (Å²) in [5.41, 5.74) is -5.16. The van der Waals surface area contributed by atoms with E-state index >= 15 is 0 Å². The Hall–Kier alpha value is -3.66. The van der Waals surface area contributed by atoms with E-state index in [1.807, 2.05) is 173 Å². The first-order valence-electron chi connectivity index (χ1n) is 42.5. The van der Waals surface area contributed by atoms with Gasteiger partial charge in [0.05, 0.1) is 5.92 Å². The fourth-order valence-electron chi connectivity index (χ4n) is 19.2. The van der Waals surface area contributed by atoms with Crippen molar-refractivity contribution in [3.05, 3.63) is 0 Å². The fourth-order valence-corrected chi connectivity index (χ4v) is 19.2. The predicted molar refractivity (Wildman–Crippen MR) is 425 cm³/mol. The van der Waals surface area contributed by atoms with E-state index in [-0.39, 0.29) is 78.4 Å². The van der Waals surface area contributed by atoms with Gasteiger partial charge in [0.2, 0.25) is 0 Å². The molecule has 642 valence electrons. The summed E-state index contributed by atoms with van der Waals surface area (Å²) in [5.74, 6) is -0.976. The molecule has 24 heteroatoms. The van der Waals surface area contributed by atoms with E-state index < -0.39 is 66.5 Å². The molecule has 0 radical (unpaired) electrons. The summed E-state index contributed by atoms with van der Waals surface area (Å²) in [7, 11) is 0. The number of hydrogen-bond acceptors (Lipinski definition) is 24. The van der Waals surface area contributed by atoms with Crippen molar-refractivity contribution in [2.75, 3.05) is 0 Å². The number of nitrogens with zero attached hydrogens (tertiary/aromatic N) is 6. The van der Waals surface area contributed by atoms with Crippen molar-refractivity contribution in [3.8, 4) is 0 Å². The SMILES string of the molecule is CC1(C)CC(OC(=O)CCCCCCCCC(=O)OC2CC(C)(C)N(O)C(C)(C)C2)CC(C)(C)N1O.CC1(C)CC(OC(=O)CCCCCCCCC(=O)OC2CC(C)(C)N(O)C(C)(C)C2)CC(C)(C)N1O.CCC(CCCCCCCC(=O)OC1CC(C)(C)N(O)C(C)(C)C1)C(=O)OC1CC(C)(C)N(O)C(C)(C)C1. The van der Waals surface area contributed by atoms with Gasteiger partial charge in [0.1, 0.15) is 36.6 Å². The van der Waals surface area contributed by atoms with Crippen LogP contribution >= 0.6 is 0 Å². The molecule has 0 spiro atoms. The quantitative estimate of drug-likeness (QED) is 0.0198. The van der Waals surface area contributed by atoms with Crippen molar-refractivity contribution >= 4 is 35.8 Å². The van der Waals surface area contributed by atoms with Crippen LogP contribution in [0.4, 0.5) is 0 Å². The van der Waals surface area contributed by atoms with Gasteiger partial charge in [-0.1, -0.05) is 84.0 Å². The zero-order chi connectivity index (χ0) is 83.7. The van der Waals surface area contributed by atoms with Crippen LogP contribution in [0, 0.1) is 5.92 Å². The lowest BCUT2D eigenvalue weighted by Gasteiger charge is -2.51. The molecule has 1 atom stereocenters. The maximum absolute atomic E-state index is 12.9. The summed E-state index contributed by atoms with van der Waals surface area (Å²) in [6, 6.07) is 0. The average Bonchev–Trinajstić information content (AvgIpc) is 0.819. The minimum atomic E-state index is -0.439. The zero-order valence-corrected chi connectivity index (χ0v) is 73.8. The van der Waals surface area contributed by atoms with Gasteiger partial charge >= 0.3 is 35.8 Å². The molecule has 1 unspecified atom stereocenters. The normalized spacial score (nSPS) is 24.5. The van der Waals surface area contributed by atoms with Crippen LogP contribution in [-0.2, 0) is 57.2 Å². The van der Waals surface area contributed by atoms with E-state index in [1.54, 1.807) is 0 Å². The summed E-state index contributed by atoms with van der Waals surface area (Å²) in [6.07, 6.45) is 26.1. The summed E-state index contributed by atoms with van der Waals surface area (Å²) >= 11 is 0. The molecule has 24 nitrogen and oxygen atoms in total. The molecule has 0 bridgehead atoms. The van der Waals surface area contributed by atoms with E-state index in [1.165, 1.54) is 30.4 Å². The van der Waals surface area contributed by atoms with Gasteiger partial charge in [-0.3, -0.25) is 28.8 Å². The van der Waals surface area contributed by atoms with Crippen molar-refractivity contribution in [3.63, 3.8) is 0 Å². The molecule has 6 fully saturated rings. The lowest BCUT2D eigenvalue weighted by molar-refractivity contribution is -0.260. The highest BCUT2D eigenvalue weighted by Gasteiger charge is 2.52. The third-order valence-corrected chi connectivity index (χ3v) is 24.2. The summed E-state index contributed by atoms with van der Waals surface area (Å²) in [4.78, 5) is 74.6. The Morgan fingerprint density at radius 1 is 0.245 bits per heavy atom. The molecule has 6 rings (SSSR count). The molecule has 6 N–H and O–H groups in total. The monoisotopic (exact) mass is 1570 g/mol. The van der Waals surface area contributed by atoms with Crippen LogP contribution in [0.5, 0.6) is 0 Å². The number of ether oxygens (including phenoxy) is 6. The predicted octanol–water partition coefficient (Wildman–Crippen LogP) is 18.7. The first kappa shape index (κ1) is 98.7. The second-order valence-corrected chi connectivity index (χ2v) is 41.3. The molecular weight excluding hydrogens is 1400 g/mol.